The molecule has 3 rings (SSSR count). The van der Waals surface area contributed by atoms with Crippen molar-refractivity contribution >= 4 is 50.1 Å². The first-order chi connectivity index (χ1) is 9.65. The lowest BCUT2D eigenvalue weighted by molar-refractivity contribution is 0.684. The molecule has 0 aromatic heterocycles. The predicted octanol–water partition coefficient (Wildman–Crippen LogP) is 6.31. The lowest BCUT2D eigenvalue weighted by Crippen LogP contribution is -2.04. The van der Waals surface area contributed by atoms with Crippen molar-refractivity contribution in [1.29, 1.82) is 0 Å². The first-order valence-corrected chi connectivity index (χ1v) is 9.23. The van der Waals surface area contributed by atoms with E-state index in [1.165, 1.54) is 51.5 Å². The van der Waals surface area contributed by atoms with E-state index in [0.29, 0.717) is 0 Å². The van der Waals surface area contributed by atoms with E-state index in [4.69, 9.17) is 11.6 Å². The Labute approximate surface area is 147 Å². The number of fused-ring (bicyclic) bond motifs is 1. The quantitative estimate of drug-likeness (QED) is 0.363. The maximum Gasteiger partial charge on any atom is 0.0655 e. The summed E-state index contributed by atoms with van der Waals surface area (Å²) in [6.45, 7) is 0. The van der Waals surface area contributed by atoms with Gasteiger partial charge in [0.15, 0.2) is 0 Å². The van der Waals surface area contributed by atoms with E-state index in [-0.39, 0.29) is 4.83 Å². The summed E-state index contributed by atoms with van der Waals surface area (Å²) in [6, 6.07) is 13.0. The molecule has 2 aromatic carbocycles. The fourth-order valence-corrected chi connectivity index (χ4v) is 4.72. The zero-order valence-electron chi connectivity index (χ0n) is 11.0. The summed E-state index contributed by atoms with van der Waals surface area (Å²) in [7, 11) is 0. The number of benzene rings is 2. The molecule has 0 amide bonds. The molecule has 0 N–H and O–H groups in total. The van der Waals surface area contributed by atoms with Crippen LogP contribution < -0.4 is 0 Å². The van der Waals surface area contributed by atoms with Crippen molar-refractivity contribution in [3.8, 4) is 0 Å². The van der Waals surface area contributed by atoms with Gasteiger partial charge in [-0.25, -0.2) is 0 Å². The normalized spacial score (nSPS) is 15.8. The maximum atomic E-state index is 6.14. The van der Waals surface area contributed by atoms with Gasteiger partial charge in [-0.1, -0.05) is 45.7 Å². The van der Waals surface area contributed by atoms with E-state index in [2.05, 4.69) is 68.9 Å². The highest BCUT2D eigenvalue weighted by Gasteiger charge is 2.17. The molecule has 2 aromatic rings. The molecule has 104 valence electrons. The molecule has 0 aliphatic heterocycles. The van der Waals surface area contributed by atoms with Gasteiger partial charge in [0.05, 0.1) is 4.83 Å². The zero-order valence-corrected chi connectivity index (χ0v) is 15.5. The SMILES string of the molecule is Clc1ccc(I)c(C(Br)c2ccc3c(c2)CCCC3)c1. The second-order valence-electron chi connectivity index (χ2n) is 5.26. The molecule has 0 saturated heterocycles. The smallest absolute Gasteiger partial charge is 0.0655 e. The van der Waals surface area contributed by atoms with Crippen molar-refractivity contribution in [3.63, 3.8) is 0 Å². The van der Waals surface area contributed by atoms with Crippen LogP contribution >= 0.6 is 50.1 Å². The largest absolute Gasteiger partial charge is 0.0843 e. The molecule has 0 fully saturated rings. The number of hydrogen-bond donors (Lipinski definition) is 0. The van der Waals surface area contributed by atoms with E-state index < -0.39 is 0 Å². The zero-order chi connectivity index (χ0) is 14.1. The van der Waals surface area contributed by atoms with Crippen molar-refractivity contribution in [2.24, 2.45) is 0 Å². The summed E-state index contributed by atoms with van der Waals surface area (Å²) in [5.41, 5.74) is 5.62. The highest BCUT2D eigenvalue weighted by atomic mass is 127. The van der Waals surface area contributed by atoms with E-state index in [0.717, 1.165) is 5.02 Å². The third-order valence-corrected chi connectivity index (χ3v) is 6.14. The Hall–Kier alpha value is -0.0600. The summed E-state index contributed by atoms with van der Waals surface area (Å²) in [6.07, 6.45) is 5.10. The lowest BCUT2D eigenvalue weighted by Gasteiger charge is -2.19. The minimum absolute atomic E-state index is 0.209. The Balaban J connectivity index is 1.97. The van der Waals surface area contributed by atoms with Crippen LogP contribution in [0.4, 0.5) is 0 Å². The fraction of sp³-hybridized carbons (Fsp3) is 0.294. The minimum Gasteiger partial charge on any atom is -0.0843 e. The predicted molar refractivity (Wildman–Crippen MR) is 98.0 cm³/mol. The van der Waals surface area contributed by atoms with Gasteiger partial charge < -0.3 is 0 Å². The number of alkyl halides is 1. The van der Waals surface area contributed by atoms with Crippen LogP contribution in [0.15, 0.2) is 36.4 Å². The van der Waals surface area contributed by atoms with Crippen molar-refractivity contribution in [3.05, 3.63) is 67.2 Å². The molecule has 1 aliphatic carbocycles. The average molecular weight is 462 g/mol. The molecule has 1 atom stereocenters. The van der Waals surface area contributed by atoms with E-state index in [1.807, 2.05) is 6.07 Å². The number of hydrogen-bond acceptors (Lipinski definition) is 0. The summed E-state index contributed by atoms with van der Waals surface area (Å²) >= 11 is 12.4. The molecule has 1 unspecified atom stereocenters. The van der Waals surface area contributed by atoms with Gasteiger partial charge in [0.2, 0.25) is 0 Å². The first-order valence-electron chi connectivity index (χ1n) is 6.86. The Morgan fingerprint density at radius 3 is 2.55 bits per heavy atom. The van der Waals surface area contributed by atoms with Crippen LogP contribution in [0.25, 0.3) is 0 Å². The lowest BCUT2D eigenvalue weighted by atomic mass is 9.89. The Morgan fingerprint density at radius 1 is 1.00 bits per heavy atom. The highest BCUT2D eigenvalue weighted by molar-refractivity contribution is 14.1. The minimum atomic E-state index is 0.209. The van der Waals surface area contributed by atoms with Crippen molar-refractivity contribution in [2.45, 2.75) is 30.5 Å². The summed E-state index contributed by atoms with van der Waals surface area (Å²) in [5.74, 6) is 0. The van der Waals surface area contributed by atoms with Gasteiger partial charge in [-0.2, -0.15) is 0 Å². The van der Waals surface area contributed by atoms with Gasteiger partial charge in [0, 0.05) is 8.59 Å². The van der Waals surface area contributed by atoms with Gasteiger partial charge in [0.1, 0.15) is 0 Å². The second kappa shape index (κ2) is 6.37. The number of halogens is 3. The molecule has 0 saturated carbocycles. The van der Waals surface area contributed by atoms with Crippen LogP contribution in [-0.4, -0.2) is 0 Å². The van der Waals surface area contributed by atoms with Crippen molar-refractivity contribution in [1.82, 2.24) is 0 Å². The molecule has 3 heteroatoms. The van der Waals surface area contributed by atoms with Gasteiger partial charge in [-0.05, 0) is 88.7 Å². The molecular formula is C17H15BrClI. The third-order valence-electron chi connectivity index (χ3n) is 3.90. The van der Waals surface area contributed by atoms with E-state index in [9.17, 15) is 0 Å². The van der Waals surface area contributed by atoms with Crippen LogP contribution in [0.1, 0.15) is 39.9 Å². The van der Waals surface area contributed by atoms with Crippen molar-refractivity contribution in [2.75, 3.05) is 0 Å². The standard InChI is InChI=1S/C17H15BrClI/c18-17(15-10-14(19)7-8-16(15)20)13-6-5-11-3-1-2-4-12(11)9-13/h5-10,17H,1-4H2. The van der Waals surface area contributed by atoms with Crippen LogP contribution in [0.5, 0.6) is 0 Å². The van der Waals surface area contributed by atoms with Crippen LogP contribution in [-0.2, 0) is 12.8 Å². The van der Waals surface area contributed by atoms with Crippen LogP contribution in [0.3, 0.4) is 0 Å². The summed E-state index contributed by atoms with van der Waals surface area (Å²) in [4.78, 5) is 0.209. The molecule has 0 spiro atoms. The summed E-state index contributed by atoms with van der Waals surface area (Å²) in [5, 5.41) is 0.794. The maximum absolute atomic E-state index is 6.14. The highest BCUT2D eigenvalue weighted by Crippen LogP contribution is 2.36. The van der Waals surface area contributed by atoms with Gasteiger partial charge in [-0.3, -0.25) is 0 Å². The number of rotatable bonds is 2. The van der Waals surface area contributed by atoms with Gasteiger partial charge in [0.25, 0.3) is 0 Å². The molecule has 0 heterocycles. The molecule has 0 bridgehead atoms. The summed E-state index contributed by atoms with van der Waals surface area (Å²) < 4.78 is 1.24. The van der Waals surface area contributed by atoms with Gasteiger partial charge >= 0.3 is 0 Å². The van der Waals surface area contributed by atoms with Gasteiger partial charge in [-0.15, -0.1) is 0 Å². The van der Waals surface area contributed by atoms with E-state index in [1.54, 1.807) is 0 Å². The van der Waals surface area contributed by atoms with E-state index >= 15 is 0 Å². The average Bonchev–Trinajstić information content (AvgIpc) is 2.48. The van der Waals surface area contributed by atoms with Crippen molar-refractivity contribution < 1.29 is 0 Å². The Kier molecular flexibility index (Phi) is 4.73. The Morgan fingerprint density at radius 2 is 1.75 bits per heavy atom. The molecule has 0 radical (unpaired) electrons. The molecule has 0 nitrogen and oxygen atoms in total. The monoisotopic (exact) mass is 460 g/mol. The number of aryl methyl sites for hydroxylation is 2. The molecule has 1 aliphatic rings. The Bertz CT molecular complexity index is 639. The molecule has 20 heavy (non-hydrogen) atoms. The topological polar surface area (TPSA) is 0 Å². The fourth-order valence-electron chi connectivity index (χ4n) is 2.80. The first kappa shape index (κ1) is 14.9. The third kappa shape index (κ3) is 3.07. The molecular weight excluding hydrogens is 446 g/mol. The van der Waals surface area contributed by atoms with Crippen LogP contribution in [0, 0.1) is 3.57 Å². The van der Waals surface area contributed by atoms with Crippen LogP contribution in [0.2, 0.25) is 5.02 Å². The second-order valence-corrected chi connectivity index (χ2v) is 7.78.